The summed E-state index contributed by atoms with van der Waals surface area (Å²) in [6.07, 6.45) is 7.71. The molecule has 4 nitrogen and oxygen atoms in total. The van der Waals surface area contributed by atoms with Gasteiger partial charge in [0.1, 0.15) is 6.26 Å². The van der Waals surface area contributed by atoms with Crippen LogP contribution in [0.5, 0.6) is 0 Å². The Bertz CT molecular complexity index is 233. The monoisotopic (exact) mass is 228 g/mol. The summed E-state index contributed by atoms with van der Waals surface area (Å²) in [5, 5.41) is 8.62. The zero-order valence-corrected chi connectivity index (χ0v) is 9.56. The van der Waals surface area contributed by atoms with E-state index in [2.05, 4.69) is 0 Å². The summed E-state index contributed by atoms with van der Waals surface area (Å²) in [6, 6.07) is 0. The van der Waals surface area contributed by atoms with Gasteiger partial charge in [0.25, 0.3) is 0 Å². The molecule has 92 valence electrons. The van der Waals surface area contributed by atoms with Crippen molar-refractivity contribution in [1.29, 1.82) is 0 Å². The summed E-state index contributed by atoms with van der Waals surface area (Å²) >= 11 is 0. The van der Waals surface area contributed by atoms with Gasteiger partial charge >= 0.3 is 0 Å². The van der Waals surface area contributed by atoms with E-state index in [0.29, 0.717) is 0 Å². The number of aliphatic hydroxyl groups excluding tert-OH is 1. The summed E-state index contributed by atoms with van der Waals surface area (Å²) in [5.41, 5.74) is 0. The predicted molar refractivity (Wildman–Crippen MR) is 59.0 cm³/mol. The molecule has 0 amide bonds. The molecule has 0 unspecified atom stereocenters. The third kappa shape index (κ3) is 3.68. The largest absolute Gasteiger partial charge is 0.512 e. The van der Waals surface area contributed by atoms with E-state index < -0.39 is 0 Å². The molecule has 2 rings (SSSR count). The second-order valence-corrected chi connectivity index (χ2v) is 4.30. The molecule has 0 aromatic carbocycles. The summed E-state index contributed by atoms with van der Waals surface area (Å²) in [4.78, 5) is 0. The Morgan fingerprint density at radius 2 is 2.31 bits per heavy atom. The van der Waals surface area contributed by atoms with Crippen molar-refractivity contribution in [2.24, 2.45) is 0 Å². The number of rotatable bonds is 6. The van der Waals surface area contributed by atoms with Crippen LogP contribution >= 0.6 is 0 Å². The number of aliphatic hydroxyl groups is 1. The topological polar surface area (TPSA) is 51.2 Å². The van der Waals surface area contributed by atoms with E-state index in [9.17, 15) is 0 Å². The minimum Gasteiger partial charge on any atom is -0.512 e. The number of hydrogen-bond acceptors (Lipinski definition) is 4. The summed E-state index contributed by atoms with van der Waals surface area (Å²) in [7, 11) is 0. The van der Waals surface area contributed by atoms with E-state index in [1.54, 1.807) is 0 Å². The van der Waals surface area contributed by atoms with Crippen molar-refractivity contribution in [2.75, 3.05) is 13.2 Å². The molecule has 0 aliphatic carbocycles. The van der Waals surface area contributed by atoms with E-state index in [0.717, 1.165) is 57.3 Å². The molecule has 0 aromatic rings. The Morgan fingerprint density at radius 1 is 1.38 bits per heavy atom. The predicted octanol–water partition coefficient (Wildman–Crippen LogP) is 2.50. The first-order valence-electron chi connectivity index (χ1n) is 6.14. The lowest BCUT2D eigenvalue weighted by atomic mass is 10.2. The van der Waals surface area contributed by atoms with E-state index in [1.807, 2.05) is 0 Å². The van der Waals surface area contributed by atoms with E-state index >= 15 is 0 Å². The molecule has 2 saturated heterocycles. The first-order valence-corrected chi connectivity index (χ1v) is 6.14. The van der Waals surface area contributed by atoms with Crippen molar-refractivity contribution in [3.05, 3.63) is 12.0 Å². The van der Waals surface area contributed by atoms with Gasteiger partial charge < -0.3 is 19.3 Å². The molecule has 0 spiro atoms. The molecule has 4 heteroatoms. The number of unbranched alkanes of at least 4 members (excludes halogenated alkanes) is 1. The average molecular weight is 228 g/mol. The summed E-state index contributed by atoms with van der Waals surface area (Å²) in [5.74, 6) is 0.719. The molecule has 2 aliphatic rings. The van der Waals surface area contributed by atoms with Crippen LogP contribution in [0.4, 0.5) is 0 Å². The normalized spacial score (nSPS) is 31.4. The Morgan fingerprint density at radius 3 is 3.00 bits per heavy atom. The van der Waals surface area contributed by atoms with Gasteiger partial charge in [0.05, 0.1) is 0 Å². The highest BCUT2D eigenvalue weighted by atomic mass is 16.7. The molecule has 2 fully saturated rings. The maximum Gasteiger partial charge on any atom is 0.172 e. The Labute approximate surface area is 96.2 Å². The zero-order chi connectivity index (χ0) is 11.2. The molecule has 16 heavy (non-hydrogen) atoms. The van der Waals surface area contributed by atoms with Crippen LogP contribution in [0.25, 0.3) is 0 Å². The van der Waals surface area contributed by atoms with Crippen LogP contribution in [0.3, 0.4) is 0 Å². The standard InChI is InChI=1S/C12H20O4/c13-9-11-10(16-11)5-1-3-7-14-12-6-2-4-8-15-12/h9-10,12-13H,1-8H2/b11-9+/t10-,12-/m0/s1. The van der Waals surface area contributed by atoms with Gasteiger partial charge in [0.15, 0.2) is 18.2 Å². The molecular formula is C12H20O4. The maximum absolute atomic E-state index is 8.62. The molecule has 2 heterocycles. The lowest BCUT2D eigenvalue weighted by Crippen LogP contribution is -2.22. The molecule has 2 atom stereocenters. The molecule has 0 aromatic heterocycles. The third-order valence-corrected chi connectivity index (χ3v) is 2.97. The van der Waals surface area contributed by atoms with E-state index in [1.165, 1.54) is 6.42 Å². The van der Waals surface area contributed by atoms with Gasteiger partial charge in [-0.15, -0.1) is 0 Å². The van der Waals surface area contributed by atoms with Gasteiger partial charge in [-0.2, -0.15) is 0 Å². The second kappa shape index (κ2) is 6.11. The van der Waals surface area contributed by atoms with Crippen LogP contribution in [0.15, 0.2) is 12.0 Å². The fourth-order valence-electron chi connectivity index (χ4n) is 1.93. The van der Waals surface area contributed by atoms with Crippen molar-refractivity contribution in [3.63, 3.8) is 0 Å². The summed E-state index contributed by atoms with van der Waals surface area (Å²) < 4.78 is 16.2. The first kappa shape index (κ1) is 11.7. The third-order valence-electron chi connectivity index (χ3n) is 2.97. The second-order valence-electron chi connectivity index (χ2n) is 4.30. The maximum atomic E-state index is 8.62. The molecule has 1 N–H and O–H groups in total. The highest BCUT2D eigenvalue weighted by Gasteiger charge is 2.31. The Kier molecular flexibility index (Phi) is 4.48. The fraction of sp³-hybridized carbons (Fsp3) is 0.833. The van der Waals surface area contributed by atoms with Gasteiger partial charge in [-0.1, -0.05) is 0 Å². The summed E-state index contributed by atoms with van der Waals surface area (Å²) in [6.45, 7) is 1.60. The first-order chi connectivity index (χ1) is 7.90. The molecule has 0 saturated carbocycles. The molecule has 0 radical (unpaired) electrons. The quantitative estimate of drug-likeness (QED) is 0.431. The van der Waals surface area contributed by atoms with E-state index in [-0.39, 0.29) is 12.4 Å². The van der Waals surface area contributed by atoms with Crippen LogP contribution in [0.2, 0.25) is 0 Å². The van der Waals surface area contributed by atoms with Gasteiger partial charge in [-0.05, 0) is 38.5 Å². The highest BCUT2D eigenvalue weighted by Crippen LogP contribution is 2.30. The Hall–Kier alpha value is -0.740. The molecule has 2 aliphatic heterocycles. The average Bonchev–Trinajstić information content (AvgIpc) is 3.09. The lowest BCUT2D eigenvalue weighted by Gasteiger charge is -2.22. The van der Waals surface area contributed by atoms with Crippen molar-refractivity contribution in [2.45, 2.75) is 50.9 Å². The minimum atomic E-state index is 0.0267. The molecule has 0 bridgehead atoms. The SMILES string of the molecule is O/C=C1/O[C@H]1CCCCO[C@@H]1CCCCO1. The lowest BCUT2D eigenvalue weighted by molar-refractivity contribution is -0.162. The fourth-order valence-corrected chi connectivity index (χ4v) is 1.93. The van der Waals surface area contributed by atoms with Crippen LogP contribution in [-0.4, -0.2) is 30.7 Å². The van der Waals surface area contributed by atoms with Gasteiger partial charge in [0, 0.05) is 13.2 Å². The van der Waals surface area contributed by atoms with Crippen LogP contribution in [-0.2, 0) is 14.2 Å². The van der Waals surface area contributed by atoms with Gasteiger partial charge in [0.2, 0.25) is 0 Å². The van der Waals surface area contributed by atoms with Crippen LogP contribution in [0.1, 0.15) is 38.5 Å². The minimum absolute atomic E-state index is 0.0267. The van der Waals surface area contributed by atoms with Gasteiger partial charge in [-0.25, -0.2) is 0 Å². The Balaban J connectivity index is 1.43. The van der Waals surface area contributed by atoms with Crippen molar-refractivity contribution >= 4 is 0 Å². The number of epoxide rings is 1. The van der Waals surface area contributed by atoms with E-state index in [4.69, 9.17) is 19.3 Å². The van der Waals surface area contributed by atoms with Crippen LogP contribution in [0, 0.1) is 0 Å². The smallest absolute Gasteiger partial charge is 0.172 e. The van der Waals surface area contributed by atoms with Crippen molar-refractivity contribution < 1.29 is 19.3 Å². The number of hydrogen-bond donors (Lipinski definition) is 1. The van der Waals surface area contributed by atoms with Crippen molar-refractivity contribution in [1.82, 2.24) is 0 Å². The zero-order valence-electron chi connectivity index (χ0n) is 9.56. The highest BCUT2D eigenvalue weighted by molar-refractivity contribution is 5.09. The van der Waals surface area contributed by atoms with Crippen molar-refractivity contribution in [3.8, 4) is 0 Å². The molecular weight excluding hydrogens is 208 g/mol. The van der Waals surface area contributed by atoms with Crippen LogP contribution < -0.4 is 0 Å². The van der Waals surface area contributed by atoms with Gasteiger partial charge in [-0.3, -0.25) is 0 Å². The number of ether oxygens (including phenoxy) is 3.